The molecule has 3 rings (SSSR count). The van der Waals surface area contributed by atoms with Crippen LogP contribution < -0.4 is 5.73 Å². The van der Waals surface area contributed by atoms with Gasteiger partial charge < -0.3 is 15.4 Å². The molecular formula is C13H15N5O. The normalized spacial score (nSPS) is 11.2. The summed E-state index contributed by atoms with van der Waals surface area (Å²) < 4.78 is 3.85. The first kappa shape index (κ1) is 11.7. The number of aromatic nitrogens is 4. The molecule has 0 spiro atoms. The van der Waals surface area contributed by atoms with Crippen LogP contribution in [0, 0.1) is 0 Å². The van der Waals surface area contributed by atoms with Crippen LogP contribution in [0.4, 0.5) is 5.69 Å². The summed E-state index contributed by atoms with van der Waals surface area (Å²) in [6.45, 7) is 1.35. The molecule has 3 aromatic rings. The highest BCUT2D eigenvalue weighted by Crippen LogP contribution is 2.19. The lowest BCUT2D eigenvalue weighted by Gasteiger charge is -2.08. The van der Waals surface area contributed by atoms with E-state index in [1.54, 1.807) is 6.20 Å². The zero-order valence-electron chi connectivity index (χ0n) is 10.4. The SMILES string of the molecule is Nc1ccc2c(c1)nc(CO)n2CCn1cccn1. The van der Waals surface area contributed by atoms with E-state index in [2.05, 4.69) is 10.1 Å². The van der Waals surface area contributed by atoms with E-state index in [1.165, 1.54) is 0 Å². The molecule has 0 aliphatic carbocycles. The minimum absolute atomic E-state index is 0.0896. The molecule has 0 atom stereocenters. The minimum atomic E-state index is -0.0896. The van der Waals surface area contributed by atoms with Gasteiger partial charge in [0.25, 0.3) is 0 Å². The first-order valence-corrected chi connectivity index (χ1v) is 6.11. The summed E-state index contributed by atoms with van der Waals surface area (Å²) >= 11 is 0. The summed E-state index contributed by atoms with van der Waals surface area (Å²) in [6, 6.07) is 7.48. The Labute approximate surface area is 110 Å². The van der Waals surface area contributed by atoms with E-state index in [-0.39, 0.29) is 6.61 Å². The van der Waals surface area contributed by atoms with Gasteiger partial charge in [0.15, 0.2) is 0 Å². The van der Waals surface area contributed by atoms with Crippen molar-refractivity contribution in [3.63, 3.8) is 0 Å². The maximum atomic E-state index is 9.41. The van der Waals surface area contributed by atoms with E-state index in [4.69, 9.17) is 5.73 Å². The molecule has 0 radical (unpaired) electrons. The lowest BCUT2D eigenvalue weighted by Crippen LogP contribution is -2.10. The van der Waals surface area contributed by atoms with Crippen molar-refractivity contribution in [2.75, 3.05) is 5.73 Å². The predicted molar refractivity (Wildman–Crippen MR) is 72.3 cm³/mol. The monoisotopic (exact) mass is 257 g/mol. The Bertz CT molecular complexity index is 686. The fraction of sp³-hybridized carbons (Fsp3) is 0.231. The highest BCUT2D eigenvalue weighted by atomic mass is 16.3. The molecule has 0 aliphatic heterocycles. The number of fused-ring (bicyclic) bond motifs is 1. The molecule has 19 heavy (non-hydrogen) atoms. The van der Waals surface area contributed by atoms with Gasteiger partial charge in [-0.1, -0.05) is 0 Å². The van der Waals surface area contributed by atoms with E-state index in [1.807, 2.05) is 39.7 Å². The number of aliphatic hydroxyl groups excluding tert-OH is 1. The van der Waals surface area contributed by atoms with Gasteiger partial charge in [-0.25, -0.2) is 4.98 Å². The quantitative estimate of drug-likeness (QED) is 0.683. The number of hydrogen-bond acceptors (Lipinski definition) is 4. The molecule has 0 unspecified atom stereocenters. The fourth-order valence-corrected chi connectivity index (χ4v) is 2.20. The van der Waals surface area contributed by atoms with Gasteiger partial charge >= 0.3 is 0 Å². The maximum absolute atomic E-state index is 9.41. The number of aryl methyl sites for hydroxylation is 2. The van der Waals surface area contributed by atoms with Crippen LogP contribution in [0.5, 0.6) is 0 Å². The van der Waals surface area contributed by atoms with Crippen LogP contribution in [0.3, 0.4) is 0 Å². The van der Waals surface area contributed by atoms with Gasteiger partial charge in [0.05, 0.1) is 17.6 Å². The molecule has 0 saturated carbocycles. The van der Waals surface area contributed by atoms with Crippen LogP contribution in [0.25, 0.3) is 11.0 Å². The lowest BCUT2D eigenvalue weighted by atomic mass is 10.3. The van der Waals surface area contributed by atoms with Crippen LogP contribution in [0.1, 0.15) is 5.82 Å². The number of hydrogen-bond donors (Lipinski definition) is 2. The molecule has 2 aromatic heterocycles. The number of nitrogen functional groups attached to an aromatic ring is 1. The number of rotatable bonds is 4. The van der Waals surface area contributed by atoms with Crippen LogP contribution >= 0.6 is 0 Å². The summed E-state index contributed by atoms with van der Waals surface area (Å²) in [4.78, 5) is 4.40. The minimum Gasteiger partial charge on any atom is -0.399 e. The molecule has 0 saturated heterocycles. The standard InChI is InChI=1S/C13H15N5O/c14-10-2-3-12-11(8-10)16-13(9-19)18(12)7-6-17-5-1-4-15-17/h1-5,8,19H,6-7,9,14H2. The van der Waals surface area contributed by atoms with Crippen molar-refractivity contribution in [3.05, 3.63) is 42.5 Å². The number of benzene rings is 1. The van der Waals surface area contributed by atoms with Gasteiger partial charge in [0, 0.05) is 24.6 Å². The molecule has 6 heteroatoms. The molecule has 0 bridgehead atoms. The summed E-state index contributed by atoms with van der Waals surface area (Å²) in [7, 11) is 0. The number of aliphatic hydroxyl groups is 1. The van der Waals surface area contributed by atoms with E-state index < -0.39 is 0 Å². The summed E-state index contributed by atoms with van der Waals surface area (Å²) in [5.41, 5.74) is 8.21. The zero-order valence-corrected chi connectivity index (χ0v) is 10.4. The first-order valence-electron chi connectivity index (χ1n) is 6.11. The van der Waals surface area contributed by atoms with Crippen LogP contribution in [0.15, 0.2) is 36.7 Å². The van der Waals surface area contributed by atoms with Gasteiger partial charge in [-0.3, -0.25) is 4.68 Å². The molecule has 6 nitrogen and oxygen atoms in total. The number of nitrogens with zero attached hydrogens (tertiary/aromatic N) is 4. The van der Waals surface area contributed by atoms with Crippen molar-refractivity contribution in [2.24, 2.45) is 0 Å². The third-order valence-electron chi connectivity index (χ3n) is 3.10. The van der Waals surface area contributed by atoms with Crippen molar-refractivity contribution in [1.82, 2.24) is 19.3 Å². The Hall–Kier alpha value is -2.34. The average Bonchev–Trinajstić information content (AvgIpc) is 3.02. The van der Waals surface area contributed by atoms with Gasteiger partial charge in [-0.05, 0) is 24.3 Å². The highest BCUT2D eigenvalue weighted by Gasteiger charge is 2.10. The molecular weight excluding hydrogens is 242 g/mol. The molecule has 1 aromatic carbocycles. The van der Waals surface area contributed by atoms with Crippen molar-refractivity contribution in [1.29, 1.82) is 0 Å². The van der Waals surface area contributed by atoms with E-state index in [0.29, 0.717) is 18.1 Å². The van der Waals surface area contributed by atoms with Crippen molar-refractivity contribution in [3.8, 4) is 0 Å². The smallest absolute Gasteiger partial charge is 0.135 e. The third kappa shape index (κ3) is 2.17. The highest BCUT2D eigenvalue weighted by molar-refractivity contribution is 5.79. The number of nitrogens with two attached hydrogens (primary N) is 1. The first-order chi connectivity index (χ1) is 9.28. The molecule has 0 amide bonds. The largest absolute Gasteiger partial charge is 0.399 e. The van der Waals surface area contributed by atoms with Crippen LogP contribution in [0.2, 0.25) is 0 Å². The summed E-state index contributed by atoms with van der Waals surface area (Å²) in [5.74, 6) is 0.646. The van der Waals surface area contributed by atoms with Gasteiger partial charge in [0.2, 0.25) is 0 Å². The molecule has 0 aliphatic rings. The Morgan fingerprint density at radius 3 is 2.89 bits per heavy atom. The van der Waals surface area contributed by atoms with E-state index in [9.17, 15) is 5.11 Å². The van der Waals surface area contributed by atoms with Crippen molar-refractivity contribution < 1.29 is 5.11 Å². The van der Waals surface area contributed by atoms with Crippen molar-refractivity contribution in [2.45, 2.75) is 19.7 Å². The maximum Gasteiger partial charge on any atom is 0.135 e. The molecule has 2 heterocycles. The second-order valence-corrected chi connectivity index (χ2v) is 4.36. The topological polar surface area (TPSA) is 81.9 Å². The van der Waals surface area contributed by atoms with Crippen LogP contribution in [-0.4, -0.2) is 24.4 Å². The van der Waals surface area contributed by atoms with Gasteiger partial charge in [-0.15, -0.1) is 0 Å². The zero-order chi connectivity index (χ0) is 13.2. The number of imidazole rings is 1. The molecule has 98 valence electrons. The number of anilines is 1. The van der Waals surface area contributed by atoms with E-state index in [0.717, 1.165) is 17.6 Å². The summed E-state index contributed by atoms with van der Waals surface area (Å²) in [5, 5.41) is 13.6. The Morgan fingerprint density at radius 2 is 2.16 bits per heavy atom. The Balaban J connectivity index is 1.96. The van der Waals surface area contributed by atoms with E-state index >= 15 is 0 Å². The average molecular weight is 257 g/mol. The molecule has 0 fully saturated rings. The fourth-order valence-electron chi connectivity index (χ4n) is 2.20. The second kappa shape index (κ2) is 4.74. The Kier molecular flexibility index (Phi) is 2.92. The van der Waals surface area contributed by atoms with Gasteiger partial charge in [-0.2, -0.15) is 5.10 Å². The second-order valence-electron chi connectivity index (χ2n) is 4.36. The summed E-state index contributed by atoms with van der Waals surface area (Å²) in [6.07, 6.45) is 3.66. The Morgan fingerprint density at radius 1 is 1.26 bits per heavy atom. The van der Waals surface area contributed by atoms with Crippen molar-refractivity contribution >= 4 is 16.7 Å². The van der Waals surface area contributed by atoms with Gasteiger partial charge in [0.1, 0.15) is 12.4 Å². The lowest BCUT2D eigenvalue weighted by molar-refractivity contribution is 0.265. The molecule has 3 N–H and O–H groups in total. The predicted octanol–water partition coefficient (Wildman–Crippen LogP) is 1.01. The van der Waals surface area contributed by atoms with Crippen LogP contribution in [-0.2, 0) is 19.7 Å². The third-order valence-corrected chi connectivity index (χ3v) is 3.10.